The highest BCUT2D eigenvalue weighted by Crippen LogP contribution is 2.19. The Kier molecular flexibility index (Phi) is 3.98. The lowest BCUT2D eigenvalue weighted by atomic mass is 10.0. The van der Waals surface area contributed by atoms with Gasteiger partial charge in [0.05, 0.1) is 0 Å². The molecule has 2 aromatic rings. The molecule has 0 N–H and O–H groups in total. The van der Waals surface area contributed by atoms with Gasteiger partial charge in [0.1, 0.15) is 0 Å². The maximum atomic E-state index is 13.2. The van der Waals surface area contributed by atoms with E-state index in [-0.39, 0.29) is 5.56 Å². The van der Waals surface area contributed by atoms with Crippen LogP contribution in [0.1, 0.15) is 27.9 Å². The van der Waals surface area contributed by atoms with E-state index in [0.29, 0.717) is 5.56 Å². The highest BCUT2D eigenvalue weighted by atomic mass is 19.2. The lowest BCUT2D eigenvalue weighted by Gasteiger charge is -2.30. The number of likely N-dealkylation sites (tertiary alicyclic amines) is 1. The molecule has 0 atom stereocenters. The summed E-state index contributed by atoms with van der Waals surface area (Å²) in [5.74, 6) is -4.81. The van der Waals surface area contributed by atoms with Gasteiger partial charge in [-0.2, -0.15) is 0 Å². The smallest absolute Gasteiger partial charge is 0.194 e. The summed E-state index contributed by atoms with van der Waals surface area (Å²) < 4.78 is 39.5. The molecule has 0 amide bonds. The second-order valence-corrected chi connectivity index (χ2v) is 5.41. The maximum absolute atomic E-state index is 13.2. The number of benzene rings is 2. The van der Waals surface area contributed by atoms with Gasteiger partial charge in [0.15, 0.2) is 23.2 Å². The highest BCUT2D eigenvalue weighted by molar-refractivity contribution is 6.09. The molecule has 0 spiro atoms. The Hall–Kier alpha value is -2.14. The largest absolute Gasteiger partial charge is 0.299 e. The van der Waals surface area contributed by atoms with Gasteiger partial charge in [-0.15, -0.1) is 0 Å². The van der Waals surface area contributed by atoms with Crippen LogP contribution in [0.25, 0.3) is 0 Å². The molecule has 0 bridgehead atoms. The summed E-state index contributed by atoms with van der Waals surface area (Å²) in [6, 6.07) is 8.38. The molecular weight excluding hydrogens is 291 g/mol. The Morgan fingerprint density at radius 2 is 1.68 bits per heavy atom. The van der Waals surface area contributed by atoms with Crippen molar-refractivity contribution in [1.29, 1.82) is 0 Å². The van der Waals surface area contributed by atoms with Crippen molar-refractivity contribution >= 4 is 5.78 Å². The number of hydrogen-bond acceptors (Lipinski definition) is 2. The van der Waals surface area contributed by atoms with E-state index >= 15 is 0 Å². The van der Waals surface area contributed by atoms with Crippen LogP contribution in [0.4, 0.5) is 13.2 Å². The van der Waals surface area contributed by atoms with Crippen molar-refractivity contribution in [3.63, 3.8) is 0 Å². The molecule has 1 fully saturated rings. The third-order valence-corrected chi connectivity index (χ3v) is 3.79. The fourth-order valence-electron chi connectivity index (χ4n) is 2.46. The summed E-state index contributed by atoms with van der Waals surface area (Å²) in [6.07, 6.45) is 1.17. The van der Waals surface area contributed by atoms with Crippen molar-refractivity contribution in [3.05, 3.63) is 70.5 Å². The first kappa shape index (κ1) is 14.8. The van der Waals surface area contributed by atoms with E-state index in [0.717, 1.165) is 37.3 Å². The van der Waals surface area contributed by atoms with Crippen LogP contribution in [-0.2, 0) is 6.54 Å². The second-order valence-electron chi connectivity index (χ2n) is 5.41. The van der Waals surface area contributed by atoms with Crippen molar-refractivity contribution in [2.75, 3.05) is 13.1 Å². The first-order chi connectivity index (χ1) is 10.5. The van der Waals surface area contributed by atoms with Gasteiger partial charge in [-0.1, -0.05) is 18.2 Å². The van der Waals surface area contributed by atoms with E-state index in [1.54, 1.807) is 18.2 Å². The van der Waals surface area contributed by atoms with Crippen molar-refractivity contribution in [2.45, 2.75) is 13.0 Å². The zero-order valence-electron chi connectivity index (χ0n) is 11.8. The molecule has 2 aromatic carbocycles. The third-order valence-electron chi connectivity index (χ3n) is 3.79. The quantitative estimate of drug-likeness (QED) is 0.636. The molecule has 0 unspecified atom stereocenters. The number of halogens is 3. The molecule has 114 valence electrons. The molecule has 1 heterocycles. The normalized spacial score (nSPS) is 14.7. The van der Waals surface area contributed by atoms with E-state index in [1.165, 1.54) is 6.42 Å². The van der Waals surface area contributed by atoms with E-state index in [9.17, 15) is 18.0 Å². The molecule has 1 saturated heterocycles. The van der Waals surface area contributed by atoms with Crippen LogP contribution in [0.15, 0.2) is 36.4 Å². The summed E-state index contributed by atoms with van der Waals surface area (Å²) in [6.45, 7) is 2.81. The molecule has 5 heteroatoms. The minimum Gasteiger partial charge on any atom is -0.299 e. The Bertz CT molecular complexity index is 703. The molecule has 0 aliphatic carbocycles. The summed E-state index contributed by atoms with van der Waals surface area (Å²) in [4.78, 5) is 14.6. The van der Waals surface area contributed by atoms with Gasteiger partial charge in [-0.05, 0) is 43.3 Å². The van der Waals surface area contributed by atoms with E-state index < -0.39 is 23.2 Å². The van der Waals surface area contributed by atoms with Gasteiger partial charge >= 0.3 is 0 Å². The highest BCUT2D eigenvalue weighted by Gasteiger charge is 2.18. The maximum Gasteiger partial charge on any atom is 0.194 e. The molecule has 0 radical (unpaired) electrons. The number of hydrogen-bond donors (Lipinski definition) is 0. The monoisotopic (exact) mass is 305 g/mol. The minimum atomic E-state index is -1.57. The van der Waals surface area contributed by atoms with Crippen LogP contribution in [0.5, 0.6) is 0 Å². The molecule has 1 aliphatic heterocycles. The number of nitrogens with zero attached hydrogens (tertiary/aromatic N) is 1. The SMILES string of the molecule is O=C(c1cccc(CN2CCC2)c1)c1cc(F)c(F)c(F)c1. The molecule has 1 aliphatic rings. The molecule has 3 rings (SSSR count). The van der Waals surface area contributed by atoms with Crippen LogP contribution in [0.3, 0.4) is 0 Å². The number of carbonyl (C=O) groups excluding carboxylic acids is 1. The fraction of sp³-hybridized carbons (Fsp3) is 0.235. The zero-order valence-corrected chi connectivity index (χ0v) is 11.8. The minimum absolute atomic E-state index is 0.197. The average molecular weight is 305 g/mol. The van der Waals surface area contributed by atoms with Crippen LogP contribution >= 0.6 is 0 Å². The third kappa shape index (κ3) is 2.90. The topological polar surface area (TPSA) is 20.3 Å². The van der Waals surface area contributed by atoms with Gasteiger partial charge in [-0.3, -0.25) is 9.69 Å². The van der Waals surface area contributed by atoms with E-state index in [4.69, 9.17) is 0 Å². The van der Waals surface area contributed by atoms with Gasteiger partial charge in [0.2, 0.25) is 0 Å². The predicted octanol–water partition coefficient (Wildman–Crippen LogP) is 3.54. The Morgan fingerprint density at radius 3 is 2.27 bits per heavy atom. The summed E-state index contributed by atoms with van der Waals surface area (Å²) in [5, 5.41) is 0. The number of ketones is 1. The standard InChI is InChI=1S/C17H14F3NO/c18-14-8-13(9-15(19)16(14)20)17(22)12-4-1-3-11(7-12)10-21-5-2-6-21/h1,3-4,7-9H,2,5-6,10H2. The zero-order chi connectivity index (χ0) is 15.7. The van der Waals surface area contributed by atoms with Crippen molar-refractivity contribution in [1.82, 2.24) is 4.90 Å². The molecular formula is C17H14F3NO. The lowest BCUT2D eigenvalue weighted by Crippen LogP contribution is -2.36. The Balaban J connectivity index is 1.86. The number of carbonyl (C=O) groups is 1. The number of rotatable bonds is 4. The molecule has 22 heavy (non-hydrogen) atoms. The summed E-state index contributed by atoms with van der Waals surface area (Å²) >= 11 is 0. The van der Waals surface area contributed by atoms with Gasteiger partial charge in [0, 0.05) is 17.7 Å². The average Bonchev–Trinajstić information content (AvgIpc) is 2.47. The van der Waals surface area contributed by atoms with Crippen LogP contribution in [0.2, 0.25) is 0 Å². The second kappa shape index (κ2) is 5.93. The lowest BCUT2D eigenvalue weighted by molar-refractivity contribution is 0.103. The van der Waals surface area contributed by atoms with Crippen LogP contribution < -0.4 is 0 Å². The molecule has 0 aromatic heterocycles. The first-order valence-electron chi connectivity index (χ1n) is 7.05. The van der Waals surface area contributed by atoms with Gasteiger partial charge in [-0.25, -0.2) is 13.2 Å². The van der Waals surface area contributed by atoms with Crippen LogP contribution in [-0.4, -0.2) is 23.8 Å². The molecule has 2 nitrogen and oxygen atoms in total. The molecule has 0 saturated carbocycles. The van der Waals surface area contributed by atoms with E-state index in [1.807, 2.05) is 6.07 Å². The Morgan fingerprint density at radius 1 is 1.00 bits per heavy atom. The van der Waals surface area contributed by atoms with E-state index in [2.05, 4.69) is 4.90 Å². The summed E-state index contributed by atoms with van der Waals surface area (Å²) in [7, 11) is 0. The first-order valence-corrected chi connectivity index (χ1v) is 7.05. The van der Waals surface area contributed by atoms with Crippen molar-refractivity contribution < 1.29 is 18.0 Å². The fourth-order valence-corrected chi connectivity index (χ4v) is 2.46. The van der Waals surface area contributed by atoms with Gasteiger partial charge < -0.3 is 0 Å². The summed E-state index contributed by atoms with van der Waals surface area (Å²) in [5.41, 5.74) is 1.11. The van der Waals surface area contributed by atoms with Crippen molar-refractivity contribution in [2.24, 2.45) is 0 Å². The predicted molar refractivity (Wildman–Crippen MR) is 76.1 cm³/mol. The Labute approximate surface area is 126 Å². The van der Waals surface area contributed by atoms with Gasteiger partial charge in [0.25, 0.3) is 0 Å². The van der Waals surface area contributed by atoms with Crippen LogP contribution in [0, 0.1) is 17.5 Å². The van der Waals surface area contributed by atoms with Crippen molar-refractivity contribution in [3.8, 4) is 0 Å².